The molecule has 3 aliphatic heterocycles. The molecule has 3 heterocycles. The van der Waals surface area contributed by atoms with Crippen LogP contribution in [0.2, 0.25) is 0 Å². The van der Waals surface area contributed by atoms with Crippen molar-refractivity contribution >= 4 is 6.03 Å². The topological polar surface area (TPSA) is 36.0 Å². The highest BCUT2D eigenvalue weighted by atomic mass is 16.5. The summed E-state index contributed by atoms with van der Waals surface area (Å²) in [5.41, 5.74) is 0.264. The van der Waals surface area contributed by atoms with Crippen molar-refractivity contribution in [1.82, 2.24) is 14.7 Å². The first-order valence-electron chi connectivity index (χ1n) is 7.86. The summed E-state index contributed by atoms with van der Waals surface area (Å²) in [6.45, 7) is 6.75. The number of nitrogens with zero attached hydrogens (tertiary/aromatic N) is 3. The summed E-state index contributed by atoms with van der Waals surface area (Å²) in [6.07, 6.45) is 3.46. The van der Waals surface area contributed by atoms with Gasteiger partial charge in [0, 0.05) is 57.7 Å². The van der Waals surface area contributed by atoms with E-state index in [0.717, 1.165) is 52.3 Å². The Morgan fingerprint density at radius 2 is 1.95 bits per heavy atom. The van der Waals surface area contributed by atoms with Crippen LogP contribution in [0.25, 0.3) is 0 Å². The van der Waals surface area contributed by atoms with Crippen LogP contribution in [0.4, 0.5) is 4.79 Å². The van der Waals surface area contributed by atoms with Crippen LogP contribution < -0.4 is 0 Å². The lowest BCUT2D eigenvalue weighted by molar-refractivity contribution is 0.0960. The maximum Gasteiger partial charge on any atom is 0.320 e. The molecule has 2 atom stereocenters. The highest BCUT2D eigenvalue weighted by Crippen LogP contribution is 2.43. The van der Waals surface area contributed by atoms with Gasteiger partial charge in [-0.1, -0.05) is 0 Å². The van der Waals surface area contributed by atoms with Crippen LogP contribution >= 0.6 is 0 Å². The number of carbonyl (C=O) groups is 1. The first kappa shape index (κ1) is 14.1. The van der Waals surface area contributed by atoms with Crippen LogP contribution in [0.3, 0.4) is 0 Å². The van der Waals surface area contributed by atoms with Crippen LogP contribution in [0.1, 0.15) is 19.3 Å². The predicted molar refractivity (Wildman–Crippen MR) is 77.7 cm³/mol. The second-order valence-corrected chi connectivity index (χ2v) is 6.86. The van der Waals surface area contributed by atoms with Crippen LogP contribution in [0, 0.1) is 11.3 Å². The number of carbonyl (C=O) groups excluding carboxylic acids is 1. The van der Waals surface area contributed by atoms with E-state index in [0.29, 0.717) is 5.92 Å². The smallest absolute Gasteiger partial charge is 0.320 e. The summed E-state index contributed by atoms with van der Waals surface area (Å²) in [5.74, 6) is 0.564. The van der Waals surface area contributed by atoms with Gasteiger partial charge in [-0.15, -0.1) is 0 Å². The minimum atomic E-state index is 0.264. The molecule has 3 fully saturated rings. The molecule has 0 aromatic carbocycles. The molecule has 3 saturated heterocycles. The Labute approximate surface area is 121 Å². The van der Waals surface area contributed by atoms with E-state index in [9.17, 15) is 4.79 Å². The van der Waals surface area contributed by atoms with Gasteiger partial charge in [-0.25, -0.2) is 4.79 Å². The van der Waals surface area contributed by atoms with Crippen molar-refractivity contribution in [1.29, 1.82) is 0 Å². The average Bonchev–Trinajstić information content (AvgIpc) is 3.12. The van der Waals surface area contributed by atoms with Crippen molar-refractivity contribution in [3.8, 4) is 0 Å². The Balaban J connectivity index is 1.66. The molecule has 3 rings (SSSR count). The van der Waals surface area contributed by atoms with Gasteiger partial charge in [-0.3, -0.25) is 0 Å². The lowest BCUT2D eigenvalue weighted by atomic mass is 9.78. The molecule has 0 aromatic rings. The van der Waals surface area contributed by atoms with Crippen LogP contribution in [-0.4, -0.2) is 80.8 Å². The van der Waals surface area contributed by atoms with Gasteiger partial charge in [0.15, 0.2) is 0 Å². The van der Waals surface area contributed by atoms with Gasteiger partial charge in [-0.2, -0.15) is 0 Å². The Morgan fingerprint density at radius 1 is 1.20 bits per heavy atom. The van der Waals surface area contributed by atoms with Crippen molar-refractivity contribution in [3.05, 3.63) is 0 Å². The molecule has 5 heteroatoms. The number of ether oxygens (including phenoxy) is 1. The quantitative estimate of drug-likeness (QED) is 0.760. The van der Waals surface area contributed by atoms with Crippen molar-refractivity contribution in [2.24, 2.45) is 11.3 Å². The summed E-state index contributed by atoms with van der Waals surface area (Å²) in [7, 11) is 3.97. The molecular formula is C15H27N3O2. The standard InChI is InChI=1S/C15H27N3O2/c1-16-9-13(10-20-2)15(11-16)5-8-18(12-15)14(19)17-6-3-4-7-17/h13H,3-12H2,1-2H3/t13-,15+/m1/s1. The maximum absolute atomic E-state index is 12.5. The van der Waals surface area contributed by atoms with Gasteiger partial charge < -0.3 is 19.4 Å². The third-order valence-corrected chi connectivity index (χ3v) is 5.38. The summed E-state index contributed by atoms with van der Waals surface area (Å²) in [5, 5.41) is 0. The van der Waals surface area contributed by atoms with E-state index in [2.05, 4.69) is 16.8 Å². The Morgan fingerprint density at radius 3 is 2.65 bits per heavy atom. The average molecular weight is 281 g/mol. The normalized spacial score (nSPS) is 34.6. The van der Waals surface area contributed by atoms with E-state index in [1.165, 1.54) is 12.8 Å². The maximum atomic E-state index is 12.5. The van der Waals surface area contributed by atoms with Crippen molar-refractivity contribution in [3.63, 3.8) is 0 Å². The number of amides is 2. The highest BCUT2D eigenvalue weighted by molar-refractivity contribution is 5.75. The fraction of sp³-hybridized carbons (Fsp3) is 0.933. The first-order valence-corrected chi connectivity index (χ1v) is 7.86. The summed E-state index contributed by atoms with van der Waals surface area (Å²) >= 11 is 0. The van der Waals surface area contributed by atoms with E-state index in [1.807, 2.05) is 4.90 Å². The van der Waals surface area contributed by atoms with E-state index in [-0.39, 0.29) is 11.4 Å². The molecule has 0 aromatic heterocycles. The molecule has 2 amide bonds. The van der Waals surface area contributed by atoms with E-state index in [4.69, 9.17) is 4.74 Å². The van der Waals surface area contributed by atoms with Gasteiger partial charge in [0.05, 0.1) is 6.61 Å². The zero-order valence-electron chi connectivity index (χ0n) is 12.8. The van der Waals surface area contributed by atoms with Crippen LogP contribution in [-0.2, 0) is 4.74 Å². The molecule has 0 radical (unpaired) electrons. The SMILES string of the molecule is COC[C@H]1CN(C)C[C@]12CCN(C(=O)N1CCCC1)C2. The highest BCUT2D eigenvalue weighted by Gasteiger charge is 2.50. The molecule has 20 heavy (non-hydrogen) atoms. The summed E-state index contributed by atoms with van der Waals surface area (Å²) < 4.78 is 5.42. The number of methoxy groups -OCH3 is 1. The molecule has 0 saturated carbocycles. The number of likely N-dealkylation sites (tertiary alicyclic amines) is 3. The second-order valence-electron chi connectivity index (χ2n) is 6.86. The van der Waals surface area contributed by atoms with E-state index < -0.39 is 0 Å². The monoisotopic (exact) mass is 281 g/mol. The van der Waals surface area contributed by atoms with Gasteiger partial charge in [0.2, 0.25) is 0 Å². The summed E-state index contributed by atoms with van der Waals surface area (Å²) in [4.78, 5) is 19.1. The fourth-order valence-corrected chi connectivity index (χ4v) is 4.36. The lowest BCUT2D eigenvalue weighted by Gasteiger charge is -2.31. The van der Waals surface area contributed by atoms with Crippen molar-refractivity contribution < 1.29 is 9.53 Å². The number of urea groups is 1. The predicted octanol–water partition coefficient (Wildman–Crippen LogP) is 1.10. The zero-order valence-corrected chi connectivity index (χ0v) is 12.8. The zero-order chi connectivity index (χ0) is 14.2. The Kier molecular flexibility index (Phi) is 3.91. The van der Waals surface area contributed by atoms with Gasteiger partial charge in [0.1, 0.15) is 0 Å². The molecule has 3 aliphatic rings. The van der Waals surface area contributed by atoms with Crippen molar-refractivity contribution in [2.75, 3.05) is 60.0 Å². The Hall–Kier alpha value is -0.810. The van der Waals surface area contributed by atoms with E-state index in [1.54, 1.807) is 7.11 Å². The molecule has 0 aliphatic carbocycles. The van der Waals surface area contributed by atoms with Crippen molar-refractivity contribution in [2.45, 2.75) is 19.3 Å². The Bertz CT molecular complexity index is 370. The minimum absolute atomic E-state index is 0.264. The van der Waals surface area contributed by atoms with Crippen LogP contribution in [0.5, 0.6) is 0 Å². The third-order valence-electron chi connectivity index (χ3n) is 5.38. The summed E-state index contributed by atoms with van der Waals surface area (Å²) in [6, 6.07) is 0.269. The van der Waals surface area contributed by atoms with E-state index >= 15 is 0 Å². The molecule has 114 valence electrons. The van der Waals surface area contributed by atoms with Gasteiger partial charge in [-0.05, 0) is 26.3 Å². The number of hydrogen-bond donors (Lipinski definition) is 0. The number of rotatable bonds is 2. The molecular weight excluding hydrogens is 254 g/mol. The lowest BCUT2D eigenvalue weighted by Crippen LogP contribution is -2.43. The molecule has 5 nitrogen and oxygen atoms in total. The second kappa shape index (κ2) is 5.53. The van der Waals surface area contributed by atoms with Crippen LogP contribution in [0.15, 0.2) is 0 Å². The molecule has 1 spiro atoms. The molecule has 0 N–H and O–H groups in total. The number of hydrogen-bond acceptors (Lipinski definition) is 3. The third kappa shape index (κ3) is 2.42. The minimum Gasteiger partial charge on any atom is -0.384 e. The fourth-order valence-electron chi connectivity index (χ4n) is 4.36. The molecule has 0 unspecified atom stereocenters. The van der Waals surface area contributed by atoms with Gasteiger partial charge in [0.25, 0.3) is 0 Å². The largest absolute Gasteiger partial charge is 0.384 e. The first-order chi connectivity index (χ1) is 9.64. The molecule has 0 bridgehead atoms. The van der Waals surface area contributed by atoms with Gasteiger partial charge >= 0.3 is 6.03 Å².